The first-order valence-electron chi connectivity index (χ1n) is 11.5. The van der Waals surface area contributed by atoms with Gasteiger partial charge < -0.3 is 14.6 Å². The Morgan fingerprint density at radius 2 is 1.64 bits per heavy atom. The second-order valence-electron chi connectivity index (χ2n) is 8.54. The van der Waals surface area contributed by atoms with Crippen LogP contribution in [0.4, 0.5) is 0 Å². The minimum atomic E-state index is -3.98. The molecule has 5 aromatic rings. The van der Waals surface area contributed by atoms with Crippen LogP contribution in [0.3, 0.4) is 0 Å². The average Bonchev–Trinajstić information content (AvgIpc) is 3.25. The lowest BCUT2D eigenvalue weighted by Crippen LogP contribution is -2.13. The molecule has 2 heterocycles. The van der Waals surface area contributed by atoms with Gasteiger partial charge in [0, 0.05) is 18.1 Å². The molecule has 8 heteroatoms. The molecule has 0 aliphatic rings. The van der Waals surface area contributed by atoms with Gasteiger partial charge in [-0.3, -0.25) is 4.98 Å². The topological polar surface area (TPSA) is 90.7 Å². The Bertz CT molecular complexity index is 1640. The molecule has 0 atom stereocenters. The largest absolute Gasteiger partial charge is 0.488 e. The maximum atomic E-state index is 14.0. The SMILES string of the molecule is COCc1c(CO)ncc2c1c1c(OCc3ccccc3)cccc1n2S(=O)(=O)c1ccc(C)cc1. The van der Waals surface area contributed by atoms with Gasteiger partial charge in [0.2, 0.25) is 0 Å². The van der Waals surface area contributed by atoms with Crippen molar-refractivity contribution in [2.75, 3.05) is 7.11 Å². The first kappa shape index (κ1) is 24.0. The number of fused-ring (bicyclic) bond motifs is 3. The van der Waals surface area contributed by atoms with Gasteiger partial charge in [-0.2, -0.15) is 0 Å². The third-order valence-electron chi connectivity index (χ3n) is 6.18. The summed E-state index contributed by atoms with van der Waals surface area (Å²) < 4.78 is 40.9. The number of aromatic nitrogens is 2. The maximum Gasteiger partial charge on any atom is 0.268 e. The number of aliphatic hydroxyl groups is 1. The molecule has 0 fully saturated rings. The van der Waals surface area contributed by atoms with Gasteiger partial charge in [0.1, 0.15) is 12.4 Å². The van der Waals surface area contributed by atoms with Crippen LogP contribution >= 0.6 is 0 Å². The van der Waals surface area contributed by atoms with Crippen molar-refractivity contribution in [3.05, 3.63) is 101 Å². The van der Waals surface area contributed by atoms with E-state index in [0.717, 1.165) is 11.1 Å². The molecule has 0 bridgehead atoms. The number of hydrogen-bond donors (Lipinski definition) is 1. The van der Waals surface area contributed by atoms with E-state index < -0.39 is 10.0 Å². The van der Waals surface area contributed by atoms with E-state index in [-0.39, 0.29) is 18.1 Å². The van der Waals surface area contributed by atoms with Crippen LogP contribution in [-0.4, -0.2) is 29.6 Å². The number of aliphatic hydroxyl groups excluding tert-OH is 1. The van der Waals surface area contributed by atoms with E-state index in [2.05, 4.69) is 4.98 Å². The van der Waals surface area contributed by atoms with Gasteiger partial charge in [-0.15, -0.1) is 0 Å². The number of pyridine rings is 1. The predicted octanol–water partition coefficient (Wildman–Crippen LogP) is 4.95. The highest BCUT2D eigenvalue weighted by atomic mass is 32.2. The Hall–Kier alpha value is -3.72. The molecule has 0 aliphatic carbocycles. The summed E-state index contributed by atoms with van der Waals surface area (Å²) in [6.07, 6.45) is 1.49. The quantitative estimate of drug-likeness (QED) is 0.323. The Balaban J connectivity index is 1.82. The molecular weight excluding hydrogens is 476 g/mol. The average molecular weight is 503 g/mol. The molecular formula is C28H26N2O5S. The van der Waals surface area contributed by atoms with Gasteiger partial charge >= 0.3 is 0 Å². The highest BCUT2D eigenvalue weighted by Gasteiger charge is 2.27. The van der Waals surface area contributed by atoms with E-state index >= 15 is 0 Å². The van der Waals surface area contributed by atoms with E-state index in [9.17, 15) is 13.5 Å². The fourth-order valence-electron chi connectivity index (χ4n) is 4.45. The van der Waals surface area contributed by atoms with E-state index in [0.29, 0.717) is 45.4 Å². The first-order chi connectivity index (χ1) is 17.5. The number of ether oxygens (including phenoxy) is 2. The second-order valence-corrected chi connectivity index (χ2v) is 10.3. The lowest BCUT2D eigenvalue weighted by atomic mass is 10.1. The molecule has 0 radical (unpaired) electrons. The molecule has 7 nitrogen and oxygen atoms in total. The zero-order chi connectivity index (χ0) is 25.3. The van der Waals surface area contributed by atoms with Crippen molar-refractivity contribution in [1.82, 2.24) is 8.96 Å². The minimum absolute atomic E-state index is 0.150. The van der Waals surface area contributed by atoms with Crippen LogP contribution in [0.15, 0.2) is 83.9 Å². The zero-order valence-corrected chi connectivity index (χ0v) is 20.8. The number of rotatable bonds is 8. The van der Waals surface area contributed by atoms with Crippen molar-refractivity contribution < 1.29 is 23.0 Å². The van der Waals surface area contributed by atoms with Crippen LogP contribution < -0.4 is 4.74 Å². The lowest BCUT2D eigenvalue weighted by molar-refractivity contribution is 0.182. The standard InChI is InChI=1S/C28H26N2O5S/c1-19-11-13-21(14-12-19)36(32,33)30-24-9-6-10-26(35-17-20-7-4-3-5-8-20)28(24)27-22(18-34-2)23(16-31)29-15-25(27)30/h3-15,31H,16-18H2,1-2H3. The Labute approximate surface area is 209 Å². The molecule has 184 valence electrons. The van der Waals surface area contributed by atoms with E-state index in [1.807, 2.05) is 43.3 Å². The number of hydrogen-bond acceptors (Lipinski definition) is 6. The van der Waals surface area contributed by atoms with E-state index in [1.165, 1.54) is 10.2 Å². The summed E-state index contributed by atoms with van der Waals surface area (Å²) >= 11 is 0. The third kappa shape index (κ3) is 4.13. The lowest BCUT2D eigenvalue weighted by Gasteiger charge is -2.11. The maximum absolute atomic E-state index is 14.0. The van der Waals surface area contributed by atoms with Crippen LogP contribution in [0.5, 0.6) is 5.75 Å². The van der Waals surface area contributed by atoms with Crippen molar-refractivity contribution >= 4 is 31.8 Å². The molecule has 0 spiro atoms. The van der Waals surface area contributed by atoms with Crippen molar-refractivity contribution in [3.63, 3.8) is 0 Å². The summed E-state index contributed by atoms with van der Waals surface area (Å²) in [5, 5.41) is 11.3. The molecule has 3 aromatic carbocycles. The third-order valence-corrected chi connectivity index (χ3v) is 7.92. The molecule has 2 aromatic heterocycles. The van der Waals surface area contributed by atoms with Gasteiger partial charge in [-0.25, -0.2) is 12.4 Å². The molecule has 5 rings (SSSR count). The Morgan fingerprint density at radius 3 is 2.33 bits per heavy atom. The van der Waals surface area contributed by atoms with Crippen molar-refractivity contribution in [3.8, 4) is 5.75 Å². The van der Waals surface area contributed by atoms with Gasteiger partial charge in [0.05, 0.1) is 46.4 Å². The van der Waals surface area contributed by atoms with Gasteiger partial charge in [0.15, 0.2) is 0 Å². The molecule has 1 N–H and O–H groups in total. The van der Waals surface area contributed by atoms with Crippen LogP contribution in [0, 0.1) is 6.92 Å². The van der Waals surface area contributed by atoms with Gasteiger partial charge in [-0.1, -0.05) is 54.1 Å². The van der Waals surface area contributed by atoms with Crippen molar-refractivity contribution in [2.24, 2.45) is 0 Å². The molecule has 0 amide bonds. The summed E-state index contributed by atoms with van der Waals surface area (Å²) in [4.78, 5) is 4.56. The van der Waals surface area contributed by atoms with Crippen molar-refractivity contribution in [2.45, 2.75) is 31.6 Å². The minimum Gasteiger partial charge on any atom is -0.488 e. The fraction of sp³-hybridized carbons (Fsp3) is 0.179. The summed E-state index contributed by atoms with van der Waals surface area (Å²) in [6.45, 7) is 2.06. The molecule has 0 saturated carbocycles. The predicted molar refractivity (Wildman–Crippen MR) is 138 cm³/mol. The van der Waals surface area contributed by atoms with Crippen molar-refractivity contribution in [1.29, 1.82) is 0 Å². The highest BCUT2D eigenvalue weighted by Crippen LogP contribution is 2.40. The monoisotopic (exact) mass is 502 g/mol. The normalized spacial score (nSPS) is 11.9. The summed E-state index contributed by atoms with van der Waals surface area (Å²) in [6, 6.07) is 21.9. The Morgan fingerprint density at radius 1 is 0.889 bits per heavy atom. The summed E-state index contributed by atoms with van der Waals surface area (Å²) in [5.41, 5.74) is 3.85. The molecule has 36 heavy (non-hydrogen) atoms. The number of benzene rings is 3. The molecule has 0 aliphatic heterocycles. The number of aryl methyl sites for hydroxylation is 1. The number of methoxy groups -OCH3 is 1. The number of nitrogens with zero attached hydrogens (tertiary/aromatic N) is 2. The first-order valence-corrected chi connectivity index (χ1v) is 12.9. The van der Waals surface area contributed by atoms with Crippen LogP contribution in [0.1, 0.15) is 22.4 Å². The fourth-order valence-corrected chi connectivity index (χ4v) is 5.95. The van der Waals surface area contributed by atoms with Gasteiger partial charge in [-0.05, 0) is 36.8 Å². The zero-order valence-electron chi connectivity index (χ0n) is 20.0. The van der Waals surface area contributed by atoms with E-state index in [4.69, 9.17) is 9.47 Å². The van der Waals surface area contributed by atoms with Crippen LogP contribution in [-0.2, 0) is 34.6 Å². The summed E-state index contributed by atoms with van der Waals surface area (Å²) in [7, 11) is -2.43. The van der Waals surface area contributed by atoms with E-state index in [1.54, 1.807) is 43.5 Å². The van der Waals surface area contributed by atoms with Crippen LogP contribution in [0.2, 0.25) is 0 Å². The summed E-state index contributed by atoms with van der Waals surface area (Å²) in [5.74, 6) is 0.534. The van der Waals surface area contributed by atoms with Crippen LogP contribution in [0.25, 0.3) is 21.8 Å². The molecule has 0 saturated heterocycles. The highest BCUT2D eigenvalue weighted by molar-refractivity contribution is 7.90. The second kappa shape index (κ2) is 9.73. The smallest absolute Gasteiger partial charge is 0.268 e. The Kier molecular flexibility index (Phi) is 6.49. The van der Waals surface area contributed by atoms with Gasteiger partial charge in [0.25, 0.3) is 10.0 Å². The molecule has 0 unspecified atom stereocenters.